The summed E-state index contributed by atoms with van der Waals surface area (Å²) in [5.41, 5.74) is 0. The summed E-state index contributed by atoms with van der Waals surface area (Å²) in [6.45, 7) is 2.32. The van der Waals surface area contributed by atoms with Gasteiger partial charge >= 0.3 is 0 Å². The van der Waals surface area contributed by atoms with Crippen molar-refractivity contribution in [1.29, 1.82) is 0 Å². The molecule has 5 unspecified atom stereocenters. The number of hydrogen-bond donors (Lipinski definition) is 3. The van der Waals surface area contributed by atoms with E-state index < -0.39 is 24.5 Å². The summed E-state index contributed by atoms with van der Waals surface area (Å²) in [6, 6.07) is 5.18. The summed E-state index contributed by atoms with van der Waals surface area (Å²) < 4.78 is 12.8. The summed E-state index contributed by atoms with van der Waals surface area (Å²) in [4.78, 5) is 12.2. The fourth-order valence-corrected chi connectivity index (χ4v) is 2.92. The lowest BCUT2D eigenvalue weighted by Gasteiger charge is -2.42. The van der Waals surface area contributed by atoms with E-state index in [0.29, 0.717) is 12.8 Å². The first-order valence-corrected chi connectivity index (χ1v) is 8.27. The van der Waals surface area contributed by atoms with E-state index in [0.717, 1.165) is 6.54 Å². The molecule has 1 fully saturated rings. The fraction of sp³-hybridized carbons (Fsp3) is 0.647. The Kier molecular flexibility index (Phi) is 7.11. The first kappa shape index (κ1) is 18.8. The van der Waals surface area contributed by atoms with Crippen molar-refractivity contribution in [1.82, 2.24) is 5.32 Å². The second-order valence-corrected chi connectivity index (χ2v) is 6.12. The maximum absolute atomic E-state index is 12.2. The van der Waals surface area contributed by atoms with Crippen LogP contribution in [0.5, 0.6) is 0 Å². The smallest absolute Gasteiger partial charge is 0.220 e. The van der Waals surface area contributed by atoms with Crippen molar-refractivity contribution in [3.63, 3.8) is 0 Å². The van der Waals surface area contributed by atoms with Crippen LogP contribution in [0, 0.1) is 5.92 Å². The van der Waals surface area contributed by atoms with Gasteiger partial charge in [0.15, 0.2) is 18.7 Å². The quantitative estimate of drug-likeness (QED) is 0.588. The number of methoxy groups -OCH3 is 1. The van der Waals surface area contributed by atoms with Gasteiger partial charge in [0.1, 0.15) is 12.6 Å². The highest BCUT2D eigenvalue weighted by Gasteiger charge is 2.43. The van der Waals surface area contributed by atoms with Crippen molar-refractivity contribution in [2.45, 2.75) is 50.8 Å². The third kappa shape index (κ3) is 4.73. The number of amides is 1. The molecule has 0 aliphatic carbocycles. The molecule has 1 aromatic rings. The number of ether oxygens (including phenoxy) is 2. The maximum atomic E-state index is 12.2. The molecule has 0 radical (unpaired) electrons. The zero-order chi connectivity index (χ0) is 17.5. The zero-order valence-corrected chi connectivity index (χ0v) is 14.2. The van der Waals surface area contributed by atoms with E-state index in [9.17, 15) is 15.0 Å². The molecular formula is C17H27N2O5+. The zero-order valence-electron chi connectivity index (χ0n) is 14.2. The number of pyridine rings is 1. The molecule has 1 aromatic heterocycles. The van der Waals surface area contributed by atoms with Crippen LogP contribution in [-0.2, 0) is 20.8 Å². The number of aliphatic hydroxyl groups is 2. The highest BCUT2D eigenvalue weighted by molar-refractivity contribution is 5.76. The summed E-state index contributed by atoms with van der Waals surface area (Å²) in [5.74, 6) is -0.456. The van der Waals surface area contributed by atoms with Gasteiger partial charge < -0.3 is 25.0 Å². The molecule has 3 N–H and O–H groups in total. The van der Waals surface area contributed by atoms with Gasteiger partial charge in [-0.25, -0.2) is 4.57 Å². The molecule has 1 aliphatic rings. The number of carbonyl (C=O) groups is 1. The molecule has 0 aromatic carbocycles. The first-order chi connectivity index (χ1) is 11.6. The molecule has 0 bridgehead atoms. The maximum Gasteiger partial charge on any atom is 0.220 e. The summed E-state index contributed by atoms with van der Waals surface area (Å²) >= 11 is 0. The molecule has 1 aliphatic heterocycles. The summed E-state index contributed by atoms with van der Waals surface area (Å²) in [6.07, 6.45) is 2.82. The van der Waals surface area contributed by atoms with Crippen molar-refractivity contribution in [2.75, 3.05) is 13.7 Å². The lowest BCUT2D eigenvalue weighted by atomic mass is 9.89. The number of aromatic nitrogens is 1. The van der Waals surface area contributed by atoms with Gasteiger partial charge in [-0.1, -0.05) is 13.0 Å². The van der Waals surface area contributed by atoms with Crippen molar-refractivity contribution in [3.8, 4) is 0 Å². The Bertz CT molecular complexity index is 511. The number of aryl methyl sites for hydroxylation is 1. The largest absolute Gasteiger partial charge is 0.394 e. The van der Waals surface area contributed by atoms with Crippen LogP contribution in [-0.4, -0.2) is 54.4 Å². The average molecular weight is 339 g/mol. The Balaban J connectivity index is 1.85. The molecule has 7 heteroatoms. The lowest BCUT2D eigenvalue weighted by Crippen LogP contribution is -2.61. The minimum absolute atomic E-state index is 0.157. The van der Waals surface area contributed by atoms with Gasteiger partial charge in [0.05, 0.1) is 18.8 Å². The molecule has 5 atom stereocenters. The number of rotatable bonds is 7. The Hall–Kier alpha value is -1.54. The van der Waals surface area contributed by atoms with Gasteiger partial charge in [0.25, 0.3) is 0 Å². The van der Waals surface area contributed by atoms with Crippen molar-refractivity contribution in [2.24, 2.45) is 5.92 Å². The molecule has 0 spiro atoms. The van der Waals surface area contributed by atoms with Crippen LogP contribution >= 0.6 is 0 Å². The third-order valence-electron chi connectivity index (χ3n) is 4.43. The van der Waals surface area contributed by atoms with Crippen LogP contribution in [0.4, 0.5) is 0 Å². The van der Waals surface area contributed by atoms with Crippen LogP contribution < -0.4 is 9.88 Å². The van der Waals surface area contributed by atoms with E-state index >= 15 is 0 Å². The molecule has 2 rings (SSSR count). The normalized spacial score (nSPS) is 30.1. The molecule has 7 nitrogen and oxygen atoms in total. The second-order valence-electron chi connectivity index (χ2n) is 6.12. The predicted octanol–water partition coefficient (Wildman–Crippen LogP) is -0.400. The summed E-state index contributed by atoms with van der Waals surface area (Å²) in [5, 5.41) is 22.5. The molecular weight excluding hydrogens is 312 g/mol. The van der Waals surface area contributed by atoms with E-state index in [1.54, 1.807) is 6.92 Å². The van der Waals surface area contributed by atoms with Gasteiger partial charge in [-0.05, 0) is 0 Å². The van der Waals surface area contributed by atoms with Crippen LogP contribution in [0.15, 0.2) is 30.6 Å². The van der Waals surface area contributed by atoms with Crippen molar-refractivity contribution >= 4 is 5.91 Å². The fourth-order valence-electron chi connectivity index (χ4n) is 2.92. The number of carbonyl (C=O) groups excluding carboxylic acids is 1. The molecule has 1 saturated heterocycles. The van der Waals surface area contributed by atoms with Gasteiger partial charge in [-0.3, -0.25) is 4.79 Å². The SMILES string of the molecule is COC1OC(CO)C(C)C(O)C1NC(=O)CCC[n+]1ccccc1. The van der Waals surface area contributed by atoms with Crippen molar-refractivity contribution in [3.05, 3.63) is 30.6 Å². The molecule has 2 heterocycles. The molecule has 1 amide bonds. The van der Waals surface area contributed by atoms with Crippen LogP contribution in [0.2, 0.25) is 0 Å². The van der Waals surface area contributed by atoms with E-state index in [1.165, 1.54) is 7.11 Å². The molecule has 24 heavy (non-hydrogen) atoms. The number of nitrogens with one attached hydrogen (secondary N) is 1. The average Bonchev–Trinajstić information content (AvgIpc) is 2.60. The molecule has 0 saturated carbocycles. The Morgan fingerprint density at radius 2 is 2.04 bits per heavy atom. The standard InChI is InChI=1S/C17H26N2O5/c1-12-13(11-20)24-17(23-2)15(16(12)22)18-14(21)7-6-10-19-8-4-3-5-9-19/h3-5,8-9,12-13,15-17,20,22H,6-7,10-11H2,1-2H3/p+1. The Morgan fingerprint density at radius 3 is 2.67 bits per heavy atom. The van der Waals surface area contributed by atoms with E-state index in [4.69, 9.17) is 9.47 Å². The highest BCUT2D eigenvalue weighted by atomic mass is 16.7. The van der Waals surface area contributed by atoms with E-state index in [1.807, 2.05) is 35.2 Å². The predicted molar refractivity (Wildman–Crippen MR) is 85.7 cm³/mol. The van der Waals surface area contributed by atoms with Crippen LogP contribution in [0.1, 0.15) is 19.8 Å². The first-order valence-electron chi connectivity index (χ1n) is 8.27. The van der Waals surface area contributed by atoms with E-state index in [2.05, 4.69) is 5.32 Å². The van der Waals surface area contributed by atoms with Gasteiger partial charge in [-0.2, -0.15) is 0 Å². The second kappa shape index (κ2) is 9.08. The van der Waals surface area contributed by atoms with Crippen LogP contribution in [0.3, 0.4) is 0 Å². The number of aliphatic hydroxyl groups excluding tert-OH is 2. The van der Waals surface area contributed by atoms with Crippen LogP contribution in [0.25, 0.3) is 0 Å². The monoisotopic (exact) mass is 339 g/mol. The highest BCUT2D eigenvalue weighted by Crippen LogP contribution is 2.26. The minimum Gasteiger partial charge on any atom is -0.394 e. The van der Waals surface area contributed by atoms with Crippen molar-refractivity contribution < 1.29 is 29.0 Å². The topological polar surface area (TPSA) is 91.9 Å². The Morgan fingerprint density at radius 1 is 1.33 bits per heavy atom. The molecule has 134 valence electrons. The van der Waals surface area contributed by atoms with Gasteiger partial charge in [-0.15, -0.1) is 0 Å². The summed E-state index contributed by atoms with van der Waals surface area (Å²) in [7, 11) is 1.45. The number of hydrogen-bond acceptors (Lipinski definition) is 5. The van der Waals surface area contributed by atoms with Gasteiger partial charge in [0.2, 0.25) is 5.91 Å². The lowest BCUT2D eigenvalue weighted by molar-refractivity contribution is -0.697. The van der Waals surface area contributed by atoms with E-state index in [-0.39, 0.29) is 18.4 Å². The minimum atomic E-state index is -0.840. The Labute approximate surface area is 142 Å². The van der Waals surface area contributed by atoms with Gasteiger partial charge in [0, 0.05) is 38.0 Å². The number of nitrogens with zero attached hydrogens (tertiary/aromatic N) is 1. The third-order valence-corrected chi connectivity index (χ3v) is 4.43.